The largest absolute Gasteiger partial charge is 0.384 e. The van der Waals surface area contributed by atoms with Crippen LogP contribution in [-0.2, 0) is 12.0 Å². The summed E-state index contributed by atoms with van der Waals surface area (Å²) in [7, 11) is 0. The fraction of sp³-hybridized carbons (Fsp3) is 0.625. The van der Waals surface area contributed by atoms with Gasteiger partial charge in [0.25, 0.3) is 0 Å². The van der Waals surface area contributed by atoms with Crippen molar-refractivity contribution in [1.82, 2.24) is 5.32 Å². The molecule has 0 radical (unpaired) electrons. The van der Waals surface area contributed by atoms with Gasteiger partial charge in [-0.1, -0.05) is 52.0 Å². The molecule has 0 saturated heterocycles. The standard InChI is InChI=1S/C16H27NO/c1-5-14-7-9-15(10-8-14)16(18,6-2)12-17-11-13(3)4/h7-10,13,17-18H,5-6,11-12H2,1-4H3. The Morgan fingerprint density at radius 1 is 1.17 bits per heavy atom. The number of rotatable bonds is 7. The Morgan fingerprint density at radius 2 is 1.78 bits per heavy atom. The van der Waals surface area contributed by atoms with E-state index in [0.717, 1.165) is 24.9 Å². The fourth-order valence-corrected chi connectivity index (χ4v) is 2.05. The maximum atomic E-state index is 10.7. The van der Waals surface area contributed by atoms with E-state index >= 15 is 0 Å². The van der Waals surface area contributed by atoms with Gasteiger partial charge in [-0.2, -0.15) is 0 Å². The monoisotopic (exact) mass is 249 g/mol. The molecule has 0 spiro atoms. The lowest BCUT2D eigenvalue weighted by Crippen LogP contribution is -2.39. The lowest BCUT2D eigenvalue weighted by Gasteiger charge is -2.28. The zero-order valence-electron chi connectivity index (χ0n) is 12.2. The van der Waals surface area contributed by atoms with Gasteiger partial charge >= 0.3 is 0 Å². The average Bonchev–Trinajstić information content (AvgIpc) is 2.38. The van der Waals surface area contributed by atoms with Crippen molar-refractivity contribution in [3.63, 3.8) is 0 Å². The molecule has 1 atom stereocenters. The summed E-state index contributed by atoms with van der Waals surface area (Å²) < 4.78 is 0. The first-order valence-corrected chi connectivity index (χ1v) is 7.04. The molecule has 0 heterocycles. The third kappa shape index (κ3) is 4.11. The minimum atomic E-state index is -0.749. The maximum absolute atomic E-state index is 10.7. The predicted molar refractivity (Wildman–Crippen MR) is 77.7 cm³/mol. The third-order valence-corrected chi connectivity index (χ3v) is 3.45. The molecular weight excluding hydrogens is 222 g/mol. The summed E-state index contributed by atoms with van der Waals surface area (Å²) >= 11 is 0. The van der Waals surface area contributed by atoms with E-state index in [0.29, 0.717) is 12.5 Å². The lowest BCUT2D eigenvalue weighted by atomic mass is 9.90. The molecule has 0 aliphatic carbocycles. The van der Waals surface area contributed by atoms with Crippen LogP contribution >= 0.6 is 0 Å². The Kier molecular flexibility index (Phi) is 5.83. The summed E-state index contributed by atoms with van der Waals surface area (Å²) in [5.74, 6) is 0.605. The van der Waals surface area contributed by atoms with Crippen LogP contribution in [-0.4, -0.2) is 18.2 Å². The van der Waals surface area contributed by atoms with Crippen molar-refractivity contribution in [3.8, 4) is 0 Å². The Labute approximate surface area is 111 Å². The summed E-state index contributed by atoms with van der Waals surface area (Å²) in [6, 6.07) is 8.33. The van der Waals surface area contributed by atoms with Gasteiger partial charge in [0.2, 0.25) is 0 Å². The zero-order valence-corrected chi connectivity index (χ0v) is 12.2. The summed E-state index contributed by atoms with van der Waals surface area (Å²) in [6.07, 6.45) is 1.76. The van der Waals surface area contributed by atoms with Crippen LogP contribution in [0.2, 0.25) is 0 Å². The van der Waals surface area contributed by atoms with Gasteiger partial charge in [0.05, 0.1) is 0 Å². The summed E-state index contributed by atoms with van der Waals surface area (Å²) in [4.78, 5) is 0. The van der Waals surface area contributed by atoms with E-state index in [1.807, 2.05) is 6.92 Å². The van der Waals surface area contributed by atoms with Gasteiger partial charge in [-0.25, -0.2) is 0 Å². The molecule has 0 bridgehead atoms. The van der Waals surface area contributed by atoms with Gasteiger partial charge in [0.1, 0.15) is 5.60 Å². The van der Waals surface area contributed by atoms with E-state index in [-0.39, 0.29) is 0 Å². The highest BCUT2D eigenvalue weighted by Gasteiger charge is 2.26. The Hall–Kier alpha value is -0.860. The fourth-order valence-electron chi connectivity index (χ4n) is 2.05. The Bertz CT molecular complexity index is 345. The molecule has 18 heavy (non-hydrogen) atoms. The average molecular weight is 249 g/mol. The van der Waals surface area contributed by atoms with Gasteiger partial charge in [-0.3, -0.25) is 0 Å². The molecule has 0 aliphatic rings. The smallest absolute Gasteiger partial charge is 0.102 e. The summed E-state index contributed by atoms with van der Waals surface area (Å²) in [5, 5.41) is 14.1. The second-order valence-corrected chi connectivity index (χ2v) is 5.46. The van der Waals surface area contributed by atoms with Crippen molar-refractivity contribution < 1.29 is 5.11 Å². The van der Waals surface area contributed by atoms with Gasteiger partial charge in [0, 0.05) is 6.54 Å². The topological polar surface area (TPSA) is 32.3 Å². The third-order valence-electron chi connectivity index (χ3n) is 3.45. The number of hydrogen-bond acceptors (Lipinski definition) is 2. The number of aryl methyl sites for hydroxylation is 1. The molecule has 2 nitrogen and oxygen atoms in total. The first-order chi connectivity index (χ1) is 8.51. The highest BCUT2D eigenvalue weighted by molar-refractivity contribution is 5.27. The first kappa shape index (κ1) is 15.2. The molecule has 2 heteroatoms. The second-order valence-electron chi connectivity index (χ2n) is 5.46. The molecule has 0 aromatic heterocycles. The Balaban J connectivity index is 2.72. The second kappa shape index (κ2) is 6.91. The van der Waals surface area contributed by atoms with E-state index < -0.39 is 5.60 Å². The van der Waals surface area contributed by atoms with E-state index in [1.165, 1.54) is 5.56 Å². The summed E-state index contributed by atoms with van der Waals surface area (Å²) in [5.41, 5.74) is 1.58. The molecule has 1 aromatic carbocycles. The zero-order chi connectivity index (χ0) is 13.6. The van der Waals surface area contributed by atoms with Crippen LogP contribution in [0, 0.1) is 5.92 Å². The van der Waals surface area contributed by atoms with E-state index in [2.05, 4.69) is 50.4 Å². The van der Waals surface area contributed by atoms with Crippen molar-refractivity contribution in [2.45, 2.75) is 46.1 Å². The molecule has 102 valence electrons. The molecular formula is C16H27NO. The van der Waals surface area contributed by atoms with Crippen LogP contribution in [0.15, 0.2) is 24.3 Å². The van der Waals surface area contributed by atoms with Crippen LogP contribution in [0.1, 0.15) is 45.2 Å². The normalized spacial score (nSPS) is 14.8. The van der Waals surface area contributed by atoms with Crippen molar-refractivity contribution in [3.05, 3.63) is 35.4 Å². The first-order valence-electron chi connectivity index (χ1n) is 7.04. The van der Waals surface area contributed by atoms with Gasteiger partial charge in [0.15, 0.2) is 0 Å². The molecule has 1 unspecified atom stereocenters. The number of benzene rings is 1. The van der Waals surface area contributed by atoms with E-state index in [9.17, 15) is 5.11 Å². The number of hydrogen-bond donors (Lipinski definition) is 2. The van der Waals surface area contributed by atoms with Crippen molar-refractivity contribution in [2.75, 3.05) is 13.1 Å². The predicted octanol–water partition coefficient (Wildman–Crippen LogP) is 3.09. The van der Waals surface area contributed by atoms with Crippen molar-refractivity contribution in [2.24, 2.45) is 5.92 Å². The van der Waals surface area contributed by atoms with Crippen LogP contribution < -0.4 is 5.32 Å². The molecule has 1 aromatic rings. The van der Waals surface area contributed by atoms with Gasteiger partial charge < -0.3 is 10.4 Å². The van der Waals surface area contributed by atoms with Crippen molar-refractivity contribution in [1.29, 1.82) is 0 Å². The highest BCUT2D eigenvalue weighted by atomic mass is 16.3. The van der Waals surface area contributed by atoms with Crippen LogP contribution in [0.25, 0.3) is 0 Å². The van der Waals surface area contributed by atoms with Gasteiger partial charge in [-0.15, -0.1) is 0 Å². The van der Waals surface area contributed by atoms with Crippen LogP contribution in [0.5, 0.6) is 0 Å². The molecule has 2 N–H and O–H groups in total. The minimum absolute atomic E-state index is 0.605. The van der Waals surface area contributed by atoms with Crippen molar-refractivity contribution >= 4 is 0 Å². The highest BCUT2D eigenvalue weighted by Crippen LogP contribution is 2.24. The Morgan fingerprint density at radius 3 is 2.22 bits per heavy atom. The molecule has 0 amide bonds. The molecule has 0 fully saturated rings. The number of nitrogens with one attached hydrogen (secondary N) is 1. The minimum Gasteiger partial charge on any atom is -0.384 e. The van der Waals surface area contributed by atoms with E-state index in [4.69, 9.17) is 0 Å². The molecule has 0 aliphatic heterocycles. The molecule has 1 rings (SSSR count). The quantitative estimate of drug-likeness (QED) is 0.778. The SMILES string of the molecule is CCc1ccc(C(O)(CC)CNCC(C)C)cc1. The van der Waals surface area contributed by atoms with Crippen LogP contribution in [0.3, 0.4) is 0 Å². The maximum Gasteiger partial charge on any atom is 0.102 e. The van der Waals surface area contributed by atoms with E-state index in [1.54, 1.807) is 0 Å². The molecule has 0 saturated carbocycles. The summed E-state index contributed by atoms with van der Waals surface area (Å²) in [6.45, 7) is 10.1. The lowest BCUT2D eigenvalue weighted by molar-refractivity contribution is 0.0321. The van der Waals surface area contributed by atoms with Gasteiger partial charge in [-0.05, 0) is 36.4 Å². The number of aliphatic hydroxyl groups is 1. The van der Waals surface area contributed by atoms with Crippen LogP contribution in [0.4, 0.5) is 0 Å².